The zero-order chi connectivity index (χ0) is 20.3. The molecule has 0 radical (unpaired) electrons. The summed E-state index contributed by atoms with van der Waals surface area (Å²) < 4.78 is 6.05. The molecule has 0 bridgehead atoms. The summed E-state index contributed by atoms with van der Waals surface area (Å²) in [6.07, 6.45) is 9.87. The Labute approximate surface area is 169 Å². The van der Waals surface area contributed by atoms with Gasteiger partial charge in [-0.15, -0.1) is 0 Å². The molecule has 0 spiro atoms. The fourth-order valence-corrected chi connectivity index (χ4v) is 3.75. The molecule has 3 nitrogen and oxygen atoms in total. The molecule has 150 valence electrons. The van der Waals surface area contributed by atoms with E-state index in [-0.39, 0.29) is 17.9 Å². The maximum absolute atomic E-state index is 11.4. The highest BCUT2D eigenvalue weighted by Crippen LogP contribution is 2.43. The van der Waals surface area contributed by atoms with Crippen LogP contribution in [0.4, 0.5) is 0 Å². The maximum Gasteiger partial charge on any atom is 0.304 e. The van der Waals surface area contributed by atoms with Crippen molar-refractivity contribution in [3.8, 4) is 0 Å². The number of hydrogen-bond acceptors (Lipinski definition) is 2. The van der Waals surface area contributed by atoms with E-state index in [1.54, 1.807) is 0 Å². The standard InChI is InChI=1S/C21H27ClO3.C2H6/c1-3-5-16(4-2)15-25-19-10-12-21(13-11-19,14-20(23)24)17-6-8-18(22)9-7-17;1-2/h3-9,19H,10-15H2,1-2H3,(H,23,24);1-2H3/b5-3-,16-4+;. The molecule has 1 aliphatic carbocycles. The number of carboxylic acids is 1. The van der Waals surface area contributed by atoms with E-state index in [1.165, 1.54) is 5.57 Å². The van der Waals surface area contributed by atoms with Crippen LogP contribution in [-0.2, 0) is 14.9 Å². The normalized spacial score (nSPS) is 23.0. The first-order valence-electron chi connectivity index (χ1n) is 9.86. The smallest absolute Gasteiger partial charge is 0.304 e. The SMILES string of the molecule is C/C=C\C(=C/C)COC1CCC(CC(=O)O)(c2ccc(Cl)cc2)CC1.CC. The number of aliphatic carboxylic acids is 1. The van der Waals surface area contributed by atoms with Crippen LogP contribution in [0.1, 0.15) is 65.4 Å². The lowest BCUT2D eigenvalue weighted by atomic mass is 9.67. The number of rotatable bonds is 7. The number of benzene rings is 1. The van der Waals surface area contributed by atoms with Gasteiger partial charge >= 0.3 is 5.97 Å². The fourth-order valence-electron chi connectivity index (χ4n) is 3.63. The molecule has 0 aliphatic heterocycles. The van der Waals surface area contributed by atoms with Gasteiger partial charge in [0.25, 0.3) is 0 Å². The van der Waals surface area contributed by atoms with Gasteiger partial charge in [0.05, 0.1) is 19.1 Å². The Bertz CT molecular complexity index is 624. The third-order valence-corrected chi connectivity index (χ3v) is 5.33. The van der Waals surface area contributed by atoms with Crippen LogP contribution in [0.2, 0.25) is 5.02 Å². The van der Waals surface area contributed by atoms with Crippen molar-refractivity contribution < 1.29 is 14.6 Å². The van der Waals surface area contributed by atoms with Gasteiger partial charge in [0.1, 0.15) is 0 Å². The second-order valence-corrected chi connectivity index (χ2v) is 7.17. The monoisotopic (exact) mass is 392 g/mol. The number of allylic oxidation sites excluding steroid dienone is 2. The van der Waals surface area contributed by atoms with Gasteiger partial charge in [0, 0.05) is 10.4 Å². The number of hydrogen-bond donors (Lipinski definition) is 1. The van der Waals surface area contributed by atoms with Gasteiger partial charge < -0.3 is 9.84 Å². The van der Waals surface area contributed by atoms with E-state index in [0.717, 1.165) is 31.2 Å². The highest BCUT2D eigenvalue weighted by Gasteiger charge is 2.39. The summed E-state index contributed by atoms with van der Waals surface area (Å²) in [7, 11) is 0. The molecule has 4 heteroatoms. The maximum atomic E-state index is 11.4. The van der Waals surface area contributed by atoms with E-state index < -0.39 is 5.97 Å². The number of carboxylic acid groups (broad SMARTS) is 1. The highest BCUT2D eigenvalue weighted by molar-refractivity contribution is 6.30. The Hall–Kier alpha value is -1.58. The van der Waals surface area contributed by atoms with Gasteiger partial charge in [-0.25, -0.2) is 0 Å². The molecule has 1 aromatic carbocycles. The molecule has 0 atom stereocenters. The van der Waals surface area contributed by atoms with E-state index in [9.17, 15) is 9.90 Å². The van der Waals surface area contributed by atoms with Crippen molar-refractivity contribution in [2.45, 2.75) is 71.3 Å². The van der Waals surface area contributed by atoms with Gasteiger partial charge in [0.15, 0.2) is 0 Å². The Balaban J connectivity index is 0.00000176. The molecule has 1 saturated carbocycles. The third kappa shape index (κ3) is 7.15. The van der Waals surface area contributed by atoms with Crippen molar-refractivity contribution in [2.75, 3.05) is 6.61 Å². The summed E-state index contributed by atoms with van der Waals surface area (Å²) in [5.74, 6) is -0.751. The Morgan fingerprint density at radius 3 is 2.30 bits per heavy atom. The highest BCUT2D eigenvalue weighted by atomic mass is 35.5. The second-order valence-electron chi connectivity index (χ2n) is 6.73. The molecule has 0 aromatic heterocycles. The average Bonchev–Trinajstić information content (AvgIpc) is 2.68. The lowest BCUT2D eigenvalue weighted by Crippen LogP contribution is -2.36. The predicted molar refractivity (Wildman–Crippen MR) is 114 cm³/mol. The van der Waals surface area contributed by atoms with Gasteiger partial charge in [-0.1, -0.05) is 55.8 Å². The van der Waals surface area contributed by atoms with Crippen LogP contribution in [0.3, 0.4) is 0 Å². The van der Waals surface area contributed by atoms with Crippen LogP contribution in [0.15, 0.2) is 48.1 Å². The molecule has 27 heavy (non-hydrogen) atoms. The summed E-state index contributed by atoms with van der Waals surface area (Å²) >= 11 is 5.99. The molecular weight excluding hydrogens is 360 g/mol. The zero-order valence-corrected chi connectivity index (χ0v) is 17.8. The van der Waals surface area contributed by atoms with Crippen molar-refractivity contribution in [1.29, 1.82) is 0 Å². The van der Waals surface area contributed by atoms with E-state index in [0.29, 0.717) is 11.6 Å². The van der Waals surface area contributed by atoms with E-state index in [1.807, 2.05) is 58.0 Å². The molecule has 1 fully saturated rings. The topological polar surface area (TPSA) is 46.5 Å². The van der Waals surface area contributed by atoms with Crippen LogP contribution in [-0.4, -0.2) is 23.8 Å². The molecule has 1 aromatic rings. The molecule has 2 rings (SSSR count). The Morgan fingerprint density at radius 1 is 1.22 bits per heavy atom. The van der Waals surface area contributed by atoms with Crippen LogP contribution in [0.25, 0.3) is 0 Å². The molecular formula is C23H33ClO3. The van der Waals surface area contributed by atoms with Crippen molar-refractivity contribution in [2.24, 2.45) is 0 Å². The molecule has 0 heterocycles. The van der Waals surface area contributed by atoms with Crippen LogP contribution < -0.4 is 0 Å². The van der Waals surface area contributed by atoms with Crippen molar-refractivity contribution in [1.82, 2.24) is 0 Å². The van der Waals surface area contributed by atoms with Gasteiger partial charge in [-0.05, 0) is 62.8 Å². The fraction of sp³-hybridized carbons (Fsp3) is 0.522. The Kier molecular flexibility index (Phi) is 10.4. The lowest BCUT2D eigenvalue weighted by Gasteiger charge is -2.39. The summed E-state index contributed by atoms with van der Waals surface area (Å²) in [5, 5.41) is 10.1. The molecule has 1 N–H and O–H groups in total. The number of ether oxygens (including phenoxy) is 1. The first kappa shape index (κ1) is 23.5. The zero-order valence-electron chi connectivity index (χ0n) is 17.0. The van der Waals surface area contributed by atoms with Crippen molar-refractivity contribution in [3.63, 3.8) is 0 Å². The number of carbonyl (C=O) groups is 1. The average molecular weight is 393 g/mol. The molecule has 0 amide bonds. The number of halogens is 1. The summed E-state index contributed by atoms with van der Waals surface area (Å²) in [5.41, 5.74) is 1.92. The van der Waals surface area contributed by atoms with Crippen LogP contribution >= 0.6 is 11.6 Å². The minimum absolute atomic E-state index is 0.153. The van der Waals surface area contributed by atoms with E-state index in [4.69, 9.17) is 16.3 Å². The van der Waals surface area contributed by atoms with Crippen molar-refractivity contribution in [3.05, 3.63) is 58.7 Å². The van der Waals surface area contributed by atoms with E-state index in [2.05, 4.69) is 12.2 Å². The molecule has 0 saturated heterocycles. The van der Waals surface area contributed by atoms with Gasteiger partial charge in [-0.2, -0.15) is 0 Å². The first-order valence-corrected chi connectivity index (χ1v) is 10.2. The predicted octanol–water partition coefficient (Wildman–Crippen LogP) is 6.56. The second kappa shape index (κ2) is 12.0. The molecule has 1 aliphatic rings. The quantitative estimate of drug-likeness (QED) is 0.534. The summed E-state index contributed by atoms with van der Waals surface area (Å²) in [6, 6.07) is 7.63. The third-order valence-electron chi connectivity index (χ3n) is 5.07. The van der Waals surface area contributed by atoms with E-state index >= 15 is 0 Å². The lowest BCUT2D eigenvalue weighted by molar-refractivity contribution is -0.139. The molecule has 0 unspecified atom stereocenters. The first-order chi connectivity index (χ1) is 13.0. The Morgan fingerprint density at radius 2 is 1.81 bits per heavy atom. The van der Waals surface area contributed by atoms with Crippen LogP contribution in [0, 0.1) is 0 Å². The summed E-state index contributed by atoms with van der Waals surface area (Å²) in [4.78, 5) is 11.4. The van der Waals surface area contributed by atoms with Gasteiger partial charge in [0.2, 0.25) is 0 Å². The minimum atomic E-state index is -0.751. The summed E-state index contributed by atoms with van der Waals surface area (Å²) in [6.45, 7) is 8.62. The largest absolute Gasteiger partial charge is 0.481 e. The van der Waals surface area contributed by atoms with Crippen molar-refractivity contribution >= 4 is 17.6 Å². The minimum Gasteiger partial charge on any atom is -0.481 e. The van der Waals surface area contributed by atoms with Crippen LogP contribution in [0.5, 0.6) is 0 Å². The van der Waals surface area contributed by atoms with Gasteiger partial charge in [-0.3, -0.25) is 4.79 Å².